The molecule has 3 aromatic rings. The summed E-state index contributed by atoms with van der Waals surface area (Å²) in [7, 11) is 0. The van der Waals surface area contributed by atoms with E-state index in [1.807, 2.05) is 35.4 Å². The van der Waals surface area contributed by atoms with Gasteiger partial charge >= 0.3 is 0 Å². The topological polar surface area (TPSA) is 99.4 Å². The van der Waals surface area contributed by atoms with Gasteiger partial charge in [0.15, 0.2) is 0 Å². The molecule has 6 rings (SSSR count). The van der Waals surface area contributed by atoms with Gasteiger partial charge in [0.05, 0.1) is 5.69 Å². The second-order valence-corrected chi connectivity index (χ2v) is 10.5. The van der Waals surface area contributed by atoms with Gasteiger partial charge in [-0.1, -0.05) is 6.07 Å². The highest BCUT2D eigenvalue weighted by Gasteiger charge is 2.55. The molecule has 1 saturated heterocycles. The Labute approximate surface area is 205 Å². The third-order valence-corrected chi connectivity index (χ3v) is 7.65. The second kappa shape index (κ2) is 8.32. The van der Waals surface area contributed by atoms with E-state index in [1.165, 1.54) is 16.7 Å². The Kier molecular flexibility index (Phi) is 5.23. The molecule has 0 bridgehead atoms. The van der Waals surface area contributed by atoms with Crippen LogP contribution >= 0.6 is 0 Å². The molecular formula is C27H31N7O. The number of benzene rings is 2. The maximum Gasteiger partial charge on any atom is 0.253 e. The maximum atomic E-state index is 12.8. The largest absolute Gasteiger partial charge is 0.337 e. The minimum Gasteiger partial charge on any atom is -0.337 e. The van der Waals surface area contributed by atoms with Gasteiger partial charge in [0, 0.05) is 66.3 Å². The van der Waals surface area contributed by atoms with Crippen LogP contribution in [-0.2, 0) is 13.1 Å². The number of aromatic nitrogens is 2. The molecule has 0 unspecified atom stereocenters. The van der Waals surface area contributed by atoms with E-state index in [9.17, 15) is 4.79 Å². The van der Waals surface area contributed by atoms with Crippen LogP contribution in [0.3, 0.4) is 0 Å². The number of anilines is 3. The first-order valence-corrected chi connectivity index (χ1v) is 12.2. The van der Waals surface area contributed by atoms with Gasteiger partial charge in [-0.05, 0) is 74.2 Å². The molecule has 1 amide bonds. The number of hydrogen-bond acceptors (Lipinski definition) is 7. The molecule has 3 heterocycles. The summed E-state index contributed by atoms with van der Waals surface area (Å²) in [6.07, 6.45) is 4.25. The lowest BCUT2D eigenvalue weighted by atomic mass is 9.60. The number of nitrogens with two attached hydrogens (primary N) is 1. The van der Waals surface area contributed by atoms with Crippen molar-refractivity contribution in [1.82, 2.24) is 19.8 Å². The highest BCUT2D eigenvalue weighted by atomic mass is 16.2. The SMILES string of the molecule is Cc1cc(C)cc(Nc2ncc3c(n2)CN(C2CC4(C2)CN(C(=O)c2ccc(NN)cc2)C4)C3)c1. The molecule has 180 valence electrons. The summed E-state index contributed by atoms with van der Waals surface area (Å²) >= 11 is 0. The molecular weight excluding hydrogens is 438 g/mol. The van der Waals surface area contributed by atoms with Crippen LogP contribution in [0.15, 0.2) is 48.7 Å². The van der Waals surface area contributed by atoms with Gasteiger partial charge in [-0.2, -0.15) is 0 Å². The van der Waals surface area contributed by atoms with E-state index in [2.05, 4.69) is 52.7 Å². The molecule has 3 aliphatic rings. The molecule has 2 fully saturated rings. The quantitative estimate of drug-likeness (QED) is 0.387. The van der Waals surface area contributed by atoms with Crippen molar-refractivity contribution in [3.8, 4) is 0 Å². The zero-order valence-electron chi connectivity index (χ0n) is 20.2. The highest BCUT2D eigenvalue weighted by Crippen LogP contribution is 2.51. The zero-order chi connectivity index (χ0) is 24.2. The van der Waals surface area contributed by atoms with Crippen molar-refractivity contribution < 1.29 is 4.79 Å². The van der Waals surface area contributed by atoms with Gasteiger partial charge in [-0.15, -0.1) is 0 Å². The summed E-state index contributed by atoms with van der Waals surface area (Å²) in [5.41, 5.74) is 10.2. The number of aryl methyl sites for hydroxylation is 2. The van der Waals surface area contributed by atoms with Crippen molar-refractivity contribution in [3.05, 3.63) is 76.6 Å². The molecule has 1 aliphatic carbocycles. The number of hydrogen-bond donors (Lipinski definition) is 3. The van der Waals surface area contributed by atoms with Crippen LogP contribution in [0.1, 0.15) is 45.6 Å². The number of nitrogen functional groups attached to an aromatic ring is 1. The van der Waals surface area contributed by atoms with Crippen molar-refractivity contribution in [2.75, 3.05) is 23.8 Å². The summed E-state index contributed by atoms with van der Waals surface area (Å²) in [5, 5.41) is 3.37. The maximum absolute atomic E-state index is 12.8. The summed E-state index contributed by atoms with van der Waals surface area (Å²) in [6, 6.07) is 14.3. The zero-order valence-corrected chi connectivity index (χ0v) is 20.2. The molecule has 1 aromatic heterocycles. The van der Waals surface area contributed by atoms with E-state index >= 15 is 0 Å². The van der Waals surface area contributed by atoms with Crippen LogP contribution in [0.25, 0.3) is 0 Å². The molecule has 4 N–H and O–H groups in total. The fourth-order valence-corrected chi connectivity index (χ4v) is 5.93. The van der Waals surface area contributed by atoms with Crippen molar-refractivity contribution in [1.29, 1.82) is 0 Å². The lowest BCUT2D eigenvalue weighted by Crippen LogP contribution is -2.67. The third-order valence-electron chi connectivity index (χ3n) is 7.65. The van der Waals surface area contributed by atoms with Crippen molar-refractivity contribution in [2.45, 2.75) is 45.8 Å². The van der Waals surface area contributed by atoms with E-state index in [-0.39, 0.29) is 11.3 Å². The lowest BCUT2D eigenvalue weighted by molar-refractivity contribution is -0.0945. The second-order valence-electron chi connectivity index (χ2n) is 10.5. The minimum absolute atomic E-state index is 0.107. The molecule has 2 aromatic carbocycles. The Hall–Kier alpha value is -3.49. The highest BCUT2D eigenvalue weighted by molar-refractivity contribution is 5.95. The van der Waals surface area contributed by atoms with Gasteiger partial charge in [0.25, 0.3) is 5.91 Å². The standard InChI is InChI=1S/C27H31N7O/c1-17-7-18(2)9-22(8-17)30-26-29-12-20-13-33(14-24(20)31-26)23-10-27(11-23)15-34(16-27)25(35)19-3-5-21(32-28)6-4-19/h3-9,12,23,32H,10-11,13-16,28H2,1-2H3,(H,29,30,31). The van der Waals surface area contributed by atoms with E-state index in [4.69, 9.17) is 10.8 Å². The Morgan fingerprint density at radius 1 is 1.03 bits per heavy atom. The van der Waals surface area contributed by atoms with Crippen LogP contribution in [0, 0.1) is 19.3 Å². The lowest BCUT2D eigenvalue weighted by Gasteiger charge is -2.60. The number of rotatable bonds is 5. The molecule has 2 aliphatic heterocycles. The predicted octanol–water partition coefficient (Wildman–Crippen LogP) is 3.74. The predicted molar refractivity (Wildman–Crippen MR) is 136 cm³/mol. The molecule has 1 saturated carbocycles. The van der Waals surface area contributed by atoms with E-state index in [0.717, 1.165) is 56.1 Å². The van der Waals surface area contributed by atoms with Crippen molar-refractivity contribution in [3.63, 3.8) is 0 Å². The van der Waals surface area contributed by atoms with Gasteiger partial charge < -0.3 is 15.6 Å². The van der Waals surface area contributed by atoms with Gasteiger partial charge in [0.1, 0.15) is 0 Å². The first-order chi connectivity index (χ1) is 16.9. The Bertz CT molecular complexity index is 1250. The van der Waals surface area contributed by atoms with E-state index in [1.54, 1.807) is 0 Å². The van der Waals surface area contributed by atoms with Crippen molar-refractivity contribution in [2.24, 2.45) is 11.3 Å². The number of fused-ring (bicyclic) bond motifs is 1. The van der Waals surface area contributed by atoms with Crippen LogP contribution in [0.5, 0.6) is 0 Å². The molecule has 35 heavy (non-hydrogen) atoms. The average Bonchev–Trinajstić information content (AvgIpc) is 3.19. The molecule has 0 radical (unpaired) electrons. The van der Waals surface area contributed by atoms with Crippen LogP contribution in [0.2, 0.25) is 0 Å². The molecule has 8 nitrogen and oxygen atoms in total. The number of nitrogens with one attached hydrogen (secondary N) is 2. The number of amides is 1. The molecule has 0 atom stereocenters. The Morgan fingerprint density at radius 2 is 1.74 bits per heavy atom. The normalized spacial score (nSPS) is 18.7. The fraction of sp³-hybridized carbons (Fsp3) is 0.370. The number of nitrogens with zero attached hydrogens (tertiary/aromatic N) is 4. The number of carbonyl (C=O) groups is 1. The van der Waals surface area contributed by atoms with Crippen LogP contribution in [0.4, 0.5) is 17.3 Å². The number of likely N-dealkylation sites (tertiary alicyclic amines) is 1. The van der Waals surface area contributed by atoms with E-state index < -0.39 is 0 Å². The number of carbonyl (C=O) groups excluding carboxylic acids is 1. The summed E-state index contributed by atoms with van der Waals surface area (Å²) < 4.78 is 0. The van der Waals surface area contributed by atoms with Crippen LogP contribution in [-0.4, -0.2) is 44.8 Å². The number of hydrazine groups is 1. The summed E-state index contributed by atoms with van der Waals surface area (Å²) in [4.78, 5) is 26.7. The van der Waals surface area contributed by atoms with Crippen molar-refractivity contribution >= 4 is 23.2 Å². The Balaban J connectivity index is 1.03. The summed E-state index contributed by atoms with van der Waals surface area (Å²) in [5.74, 6) is 6.18. The third kappa shape index (κ3) is 4.13. The Morgan fingerprint density at radius 3 is 2.43 bits per heavy atom. The van der Waals surface area contributed by atoms with Gasteiger partial charge in [-0.25, -0.2) is 9.97 Å². The first kappa shape index (κ1) is 22.0. The molecule has 1 spiro atoms. The fourth-order valence-electron chi connectivity index (χ4n) is 5.93. The van der Waals surface area contributed by atoms with Crippen LogP contribution < -0.4 is 16.6 Å². The minimum atomic E-state index is 0.107. The van der Waals surface area contributed by atoms with E-state index in [0.29, 0.717) is 17.6 Å². The van der Waals surface area contributed by atoms with Gasteiger partial charge in [0.2, 0.25) is 5.95 Å². The molecule has 8 heteroatoms. The summed E-state index contributed by atoms with van der Waals surface area (Å²) in [6.45, 7) is 7.67. The monoisotopic (exact) mass is 469 g/mol. The average molecular weight is 470 g/mol. The first-order valence-electron chi connectivity index (χ1n) is 12.2. The van der Waals surface area contributed by atoms with Gasteiger partial charge in [-0.3, -0.25) is 15.5 Å². The smallest absolute Gasteiger partial charge is 0.253 e.